The van der Waals surface area contributed by atoms with E-state index in [2.05, 4.69) is 15.9 Å². The summed E-state index contributed by atoms with van der Waals surface area (Å²) >= 11 is 3.32. The van der Waals surface area contributed by atoms with Crippen LogP contribution in [0.1, 0.15) is 19.4 Å². The molecule has 0 fully saturated rings. The minimum Gasteiger partial charge on any atom is -0.481 e. The number of rotatable bonds is 6. The van der Waals surface area contributed by atoms with E-state index in [1.54, 1.807) is 36.1 Å². The third kappa shape index (κ3) is 4.79. The van der Waals surface area contributed by atoms with Gasteiger partial charge in [-0.2, -0.15) is 0 Å². The van der Waals surface area contributed by atoms with Gasteiger partial charge in [0.15, 0.2) is 6.10 Å². The maximum atomic E-state index is 13.9. The number of benzene rings is 2. The number of nitrogens with zero attached hydrogens (tertiary/aromatic N) is 1. The van der Waals surface area contributed by atoms with Gasteiger partial charge in [-0.25, -0.2) is 4.39 Å². The fraction of sp³-hybridized carbons (Fsp3) is 0.278. The third-order valence-electron chi connectivity index (χ3n) is 3.47. The van der Waals surface area contributed by atoms with Gasteiger partial charge < -0.3 is 9.64 Å². The molecule has 0 heterocycles. The normalized spacial score (nSPS) is 11.8. The Balaban J connectivity index is 2.07. The molecular formula is C18H19BrFNO2. The molecule has 0 radical (unpaired) electrons. The van der Waals surface area contributed by atoms with E-state index in [9.17, 15) is 9.18 Å². The highest BCUT2D eigenvalue weighted by atomic mass is 79.9. The third-order valence-corrected chi connectivity index (χ3v) is 3.96. The van der Waals surface area contributed by atoms with Crippen molar-refractivity contribution >= 4 is 21.8 Å². The van der Waals surface area contributed by atoms with Crippen molar-refractivity contribution in [3.05, 3.63) is 64.4 Å². The molecule has 5 heteroatoms. The van der Waals surface area contributed by atoms with Crippen LogP contribution in [0, 0.1) is 5.82 Å². The van der Waals surface area contributed by atoms with Gasteiger partial charge in [-0.1, -0.05) is 34.1 Å². The Kier molecular flexibility index (Phi) is 6.16. The molecule has 1 unspecified atom stereocenters. The Morgan fingerprint density at radius 2 is 1.96 bits per heavy atom. The molecule has 23 heavy (non-hydrogen) atoms. The van der Waals surface area contributed by atoms with Crippen molar-refractivity contribution < 1.29 is 13.9 Å². The van der Waals surface area contributed by atoms with Crippen molar-refractivity contribution in [1.82, 2.24) is 4.90 Å². The van der Waals surface area contributed by atoms with Gasteiger partial charge in [0.2, 0.25) is 0 Å². The average molecular weight is 380 g/mol. The van der Waals surface area contributed by atoms with Gasteiger partial charge in [0.25, 0.3) is 5.91 Å². The molecule has 2 rings (SSSR count). The van der Waals surface area contributed by atoms with Crippen molar-refractivity contribution in [1.29, 1.82) is 0 Å². The SMILES string of the molecule is CCN(Cc1cc(Br)ccc1F)C(=O)C(C)Oc1ccccc1. The van der Waals surface area contributed by atoms with Crippen LogP contribution in [0.2, 0.25) is 0 Å². The van der Waals surface area contributed by atoms with E-state index in [1.807, 2.05) is 25.1 Å². The predicted molar refractivity (Wildman–Crippen MR) is 91.7 cm³/mol. The minimum atomic E-state index is -0.632. The summed E-state index contributed by atoms with van der Waals surface area (Å²) in [7, 11) is 0. The summed E-state index contributed by atoms with van der Waals surface area (Å²) in [5.74, 6) is 0.143. The molecule has 122 valence electrons. The van der Waals surface area contributed by atoms with Crippen LogP contribution in [0.15, 0.2) is 53.0 Å². The summed E-state index contributed by atoms with van der Waals surface area (Å²) in [4.78, 5) is 14.1. The number of hydrogen-bond acceptors (Lipinski definition) is 2. The summed E-state index contributed by atoms with van der Waals surface area (Å²) in [5, 5.41) is 0. The van der Waals surface area contributed by atoms with Crippen LogP contribution < -0.4 is 4.74 Å². The molecule has 2 aromatic rings. The maximum Gasteiger partial charge on any atom is 0.263 e. The molecule has 1 atom stereocenters. The van der Waals surface area contributed by atoms with E-state index in [4.69, 9.17) is 4.74 Å². The van der Waals surface area contributed by atoms with Crippen molar-refractivity contribution in [2.24, 2.45) is 0 Å². The van der Waals surface area contributed by atoms with Gasteiger partial charge in [0.05, 0.1) is 0 Å². The van der Waals surface area contributed by atoms with Crippen molar-refractivity contribution in [3.8, 4) is 5.75 Å². The summed E-state index contributed by atoms with van der Waals surface area (Å²) in [5.41, 5.74) is 0.474. The van der Waals surface area contributed by atoms with Crippen LogP contribution >= 0.6 is 15.9 Å². The van der Waals surface area contributed by atoms with E-state index < -0.39 is 6.10 Å². The predicted octanol–water partition coefficient (Wildman–Crippen LogP) is 4.40. The van der Waals surface area contributed by atoms with Crippen LogP contribution in [0.4, 0.5) is 4.39 Å². The van der Waals surface area contributed by atoms with Crippen LogP contribution in [-0.2, 0) is 11.3 Å². The molecule has 0 aliphatic rings. The van der Waals surface area contributed by atoms with Crippen LogP contribution in [-0.4, -0.2) is 23.5 Å². The quantitative estimate of drug-likeness (QED) is 0.743. The first-order chi connectivity index (χ1) is 11.0. The standard InChI is InChI=1S/C18H19BrFNO2/c1-3-21(12-14-11-15(19)9-10-17(14)20)18(22)13(2)23-16-7-5-4-6-8-16/h4-11,13H,3,12H2,1-2H3. The lowest BCUT2D eigenvalue weighted by atomic mass is 10.2. The van der Waals surface area contributed by atoms with Gasteiger partial charge in [0, 0.05) is 23.1 Å². The molecule has 1 amide bonds. The number of carbonyl (C=O) groups excluding carboxylic acids is 1. The lowest BCUT2D eigenvalue weighted by Crippen LogP contribution is -2.40. The first-order valence-electron chi connectivity index (χ1n) is 7.45. The Labute approximate surface area is 144 Å². The van der Waals surface area contributed by atoms with Gasteiger partial charge in [-0.05, 0) is 44.2 Å². The lowest BCUT2D eigenvalue weighted by molar-refractivity contribution is -0.138. The van der Waals surface area contributed by atoms with Crippen molar-refractivity contribution in [3.63, 3.8) is 0 Å². The number of amides is 1. The highest BCUT2D eigenvalue weighted by molar-refractivity contribution is 9.10. The molecule has 0 aliphatic carbocycles. The second-order valence-corrected chi connectivity index (χ2v) is 6.08. The zero-order valence-electron chi connectivity index (χ0n) is 13.1. The Morgan fingerprint density at radius 3 is 2.61 bits per heavy atom. The lowest BCUT2D eigenvalue weighted by Gasteiger charge is -2.25. The van der Waals surface area contributed by atoms with Gasteiger partial charge in [-0.3, -0.25) is 4.79 Å². The number of likely N-dealkylation sites (N-methyl/N-ethyl adjacent to an activating group) is 1. The molecular weight excluding hydrogens is 361 g/mol. The molecule has 0 spiro atoms. The number of para-hydroxylation sites is 1. The molecule has 3 nitrogen and oxygen atoms in total. The second-order valence-electron chi connectivity index (χ2n) is 5.16. The molecule has 0 aromatic heterocycles. The smallest absolute Gasteiger partial charge is 0.263 e. The molecule has 0 saturated heterocycles. The summed E-state index contributed by atoms with van der Waals surface area (Å²) in [6.07, 6.45) is -0.632. The Morgan fingerprint density at radius 1 is 1.26 bits per heavy atom. The summed E-state index contributed by atoms with van der Waals surface area (Å²) < 4.78 is 20.3. The van der Waals surface area contributed by atoms with Crippen molar-refractivity contribution in [2.75, 3.05) is 6.54 Å². The van der Waals surface area contributed by atoms with E-state index in [0.717, 1.165) is 4.47 Å². The molecule has 2 aromatic carbocycles. The average Bonchev–Trinajstić information content (AvgIpc) is 2.56. The largest absolute Gasteiger partial charge is 0.481 e. The number of hydrogen-bond donors (Lipinski definition) is 0. The van der Waals surface area contributed by atoms with Gasteiger partial charge in [-0.15, -0.1) is 0 Å². The molecule has 0 aliphatic heterocycles. The Hall–Kier alpha value is -1.88. The molecule has 0 bridgehead atoms. The first kappa shape index (κ1) is 17.5. The summed E-state index contributed by atoms with van der Waals surface area (Å²) in [6.45, 7) is 4.26. The number of ether oxygens (including phenoxy) is 1. The van der Waals surface area contributed by atoms with Crippen LogP contribution in [0.25, 0.3) is 0 Å². The maximum absolute atomic E-state index is 13.9. The van der Waals surface area contributed by atoms with E-state index >= 15 is 0 Å². The van der Waals surface area contributed by atoms with Crippen molar-refractivity contribution in [2.45, 2.75) is 26.5 Å². The topological polar surface area (TPSA) is 29.5 Å². The fourth-order valence-electron chi connectivity index (χ4n) is 2.23. The number of halogens is 2. The van der Waals surface area contributed by atoms with Gasteiger partial charge in [0.1, 0.15) is 11.6 Å². The van der Waals surface area contributed by atoms with Gasteiger partial charge >= 0.3 is 0 Å². The highest BCUT2D eigenvalue weighted by Crippen LogP contribution is 2.18. The monoisotopic (exact) mass is 379 g/mol. The molecule has 0 saturated carbocycles. The van der Waals surface area contributed by atoms with E-state index in [-0.39, 0.29) is 18.3 Å². The van der Waals surface area contributed by atoms with E-state index in [1.165, 1.54) is 6.07 Å². The number of carbonyl (C=O) groups is 1. The zero-order valence-corrected chi connectivity index (χ0v) is 14.7. The second kappa shape index (κ2) is 8.11. The fourth-order valence-corrected chi connectivity index (χ4v) is 2.63. The van der Waals surface area contributed by atoms with E-state index in [0.29, 0.717) is 17.9 Å². The molecule has 0 N–H and O–H groups in total. The first-order valence-corrected chi connectivity index (χ1v) is 8.25. The van der Waals surface area contributed by atoms with Crippen LogP contribution in [0.5, 0.6) is 5.75 Å². The summed E-state index contributed by atoms with van der Waals surface area (Å²) in [6, 6.07) is 13.9. The highest BCUT2D eigenvalue weighted by Gasteiger charge is 2.22. The van der Waals surface area contributed by atoms with Crippen LogP contribution in [0.3, 0.4) is 0 Å². The zero-order chi connectivity index (χ0) is 16.8. The Bertz CT molecular complexity index is 663. The minimum absolute atomic E-state index is 0.171.